The van der Waals surface area contributed by atoms with Gasteiger partial charge in [-0.3, -0.25) is 4.90 Å². The van der Waals surface area contributed by atoms with Crippen molar-refractivity contribution >= 4 is 15.9 Å². The summed E-state index contributed by atoms with van der Waals surface area (Å²) in [5.41, 5.74) is 6.77. The Morgan fingerprint density at radius 2 is 2.24 bits per heavy atom. The van der Waals surface area contributed by atoms with E-state index in [1.54, 1.807) is 6.07 Å². The topological polar surface area (TPSA) is 49.5 Å². The maximum absolute atomic E-state index is 9.85. The van der Waals surface area contributed by atoms with E-state index in [1.807, 2.05) is 12.1 Å². The zero-order valence-corrected chi connectivity index (χ0v) is 11.5. The molecule has 1 aromatic rings. The molecule has 0 bridgehead atoms. The predicted molar refractivity (Wildman–Crippen MR) is 72.9 cm³/mol. The number of halogens is 1. The average Bonchev–Trinajstić information content (AvgIpc) is 2.34. The Balaban J connectivity index is 2.10. The van der Waals surface area contributed by atoms with E-state index in [2.05, 4.69) is 20.8 Å². The summed E-state index contributed by atoms with van der Waals surface area (Å²) >= 11 is 3.44. The fraction of sp³-hybridized carbons (Fsp3) is 0.538. The zero-order valence-electron chi connectivity index (χ0n) is 9.90. The van der Waals surface area contributed by atoms with Gasteiger partial charge in [0.05, 0.1) is 0 Å². The number of benzene rings is 1. The normalized spacial score (nSPS) is 21.6. The van der Waals surface area contributed by atoms with Gasteiger partial charge in [0.2, 0.25) is 0 Å². The van der Waals surface area contributed by atoms with E-state index in [4.69, 9.17) is 5.73 Å². The van der Waals surface area contributed by atoms with Gasteiger partial charge in [0.1, 0.15) is 5.75 Å². The summed E-state index contributed by atoms with van der Waals surface area (Å²) in [6.07, 6.45) is 3.67. The van der Waals surface area contributed by atoms with Crippen molar-refractivity contribution in [2.24, 2.45) is 5.73 Å². The van der Waals surface area contributed by atoms with Crippen LogP contribution in [0.4, 0.5) is 0 Å². The second-order valence-corrected chi connectivity index (χ2v) is 5.54. The summed E-state index contributed by atoms with van der Waals surface area (Å²) in [5.74, 6) is 0.370. The van der Waals surface area contributed by atoms with Crippen molar-refractivity contribution in [3.63, 3.8) is 0 Å². The fourth-order valence-electron chi connectivity index (χ4n) is 2.43. The van der Waals surface area contributed by atoms with Gasteiger partial charge in [-0.1, -0.05) is 22.4 Å². The fourth-order valence-corrected chi connectivity index (χ4v) is 2.84. The molecule has 1 aliphatic rings. The van der Waals surface area contributed by atoms with Crippen LogP contribution in [-0.4, -0.2) is 29.1 Å². The highest BCUT2D eigenvalue weighted by Gasteiger charge is 2.21. The second-order valence-electron chi connectivity index (χ2n) is 4.63. The third-order valence-electron chi connectivity index (χ3n) is 3.44. The van der Waals surface area contributed by atoms with Crippen molar-refractivity contribution in [3.8, 4) is 5.75 Å². The van der Waals surface area contributed by atoms with E-state index in [0.29, 0.717) is 18.3 Å². The second kappa shape index (κ2) is 5.85. The molecule has 0 saturated carbocycles. The maximum atomic E-state index is 9.85. The standard InChI is InChI=1S/C13H19BrN2O/c14-11-4-5-13(17)10(7-11)9-16-6-2-1-3-12(16)8-15/h4-5,7,12,17H,1-3,6,8-9,15H2. The molecule has 1 unspecified atom stereocenters. The van der Waals surface area contributed by atoms with Crippen molar-refractivity contribution in [2.75, 3.05) is 13.1 Å². The minimum atomic E-state index is 0.370. The van der Waals surface area contributed by atoms with E-state index in [0.717, 1.165) is 23.1 Å². The first-order valence-corrected chi connectivity index (χ1v) is 6.91. The van der Waals surface area contributed by atoms with Crippen molar-refractivity contribution in [1.82, 2.24) is 4.90 Å². The molecule has 0 amide bonds. The molecule has 0 radical (unpaired) electrons. The first-order valence-electron chi connectivity index (χ1n) is 6.12. The van der Waals surface area contributed by atoms with Crippen LogP contribution in [0.3, 0.4) is 0 Å². The molecule has 1 saturated heterocycles. The van der Waals surface area contributed by atoms with Gasteiger partial charge in [-0.25, -0.2) is 0 Å². The van der Waals surface area contributed by atoms with Crippen LogP contribution in [0.2, 0.25) is 0 Å². The van der Waals surface area contributed by atoms with Crippen LogP contribution in [0.25, 0.3) is 0 Å². The molecule has 1 heterocycles. The monoisotopic (exact) mass is 298 g/mol. The van der Waals surface area contributed by atoms with Crippen molar-refractivity contribution in [1.29, 1.82) is 0 Å². The molecule has 1 aliphatic heterocycles. The van der Waals surface area contributed by atoms with E-state index in [-0.39, 0.29) is 0 Å². The quantitative estimate of drug-likeness (QED) is 0.901. The molecule has 0 spiro atoms. The highest BCUT2D eigenvalue weighted by molar-refractivity contribution is 9.10. The number of nitrogens with zero attached hydrogens (tertiary/aromatic N) is 1. The Labute approximate surface area is 111 Å². The van der Waals surface area contributed by atoms with Gasteiger partial charge in [0, 0.05) is 29.2 Å². The lowest BCUT2D eigenvalue weighted by Crippen LogP contribution is -2.43. The van der Waals surface area contributed by atoms with Gasteiger partial charge in [-0.15, -0.1) is 0 Å². The number of hydrogen-bond donors (Lipinski definition) is 2. The smallest absolute Gasteiger partial charge is 0.120 e. The minimum absolute atomic E-state index is 0.370. The SMILES string of the molecule is NCC1CCCCN1Cc1cc(Br)ccc1O. The summed E-state index contributed by atoms with van der Waals surface area (Å²) in [6.45, 7) is 2.57. The molecule has 1 aromatic carbocycles. The number of aromatic hydroxyl groups is 1. The van der Waals surface area contributed by atoms with Crippen LogP contribution in [0.5, 0.6) is 5.75 Å². The molecule has 3 nitrogen and oxygen atoms in total. The highest BCUT2D eigenvalue weighted by atomic mass is 79.9. The number of rotatable bonds is 3. The number of hydrogen-bond acceptors (Lipinski definition) is 3. The number of phenols is 1. The Morgan fingerprint density at radius 3 is 3.00 bits per heavy atom. The summed E-state index contributed by atoms with van der Waals surface area (Å²) < 4.78 is 1.01. The first kappa shape index (κ1) is 12.9. The molecule has 2 rings (SSSR count). The van der Waals surface area contributed by atoms with Crippen LogP contribution in [0.15, 0.2) is 22.7 Å². The Morgan fingerprint density at radius 1 is 1.41 bits per heavy atom. The van der Waals surface area contributed by atoms with Gasteiger partial charge in [0.15, 0.2) is 0 Å². The van der Waals surface area contributed by atoms with Crippen LogP contribution in [0.1, 0.15) is 24.8 Å². The summed E-state index contributed by atoms with van der Waals surface area (Å²) in [5, 5.41) is 9.85. The van der Waals surface area contributed by atoms with Gasteiger partial charge in [0.25, 0.3) is 0 Å². The van der Waals surface area contributed by atoms with Gasteiger partial charge in [-0.05, 0) is 37.6 Å². The van der Waals surface area contributed by atoms with E-state index in [9.17, 15) is 5.11 Å². The van der Waals surface area contributed by atoms with Crippen molar-refractivity contribution in [2.45, 2.75) is 31.8 Å². The van der Waals surface area contributed by atoms with Crippen molar-refractivity contribution < 1.29 is 5.11 Å². The first-order chi connectivity index (χ1) is 8.20. The maximum Gasteiger partial charge on any atom is 0.120 e. The lowest BCUT2D eigenvalue weighted by atomic mass is 10.0. The van der Waals surface area contributed by atoms with Crippen LogP contribution >= 0.6 is 15.9 Å². The number of piperidine rings is 1. The third-order valence-corrected chi connectivity index (χ3v) is 3.93. The number of nitrogens with two attached hydrogens (primary N) is 1. The molecule has 1 fully saturated rings. The molecule has 17 heavy (non-hydrogen) atoms. The van der Waals surface area contributed by atoms with Crippen LogP contribution < -0.4 is 5.73 Å². The molecule has 4 heteroatoms. The van der Waals surface area contributed by atoms with E-state index < -0.39 is 0 Å². The molecular formula is C13H19BrN2O. The lowest BCUT2D eigenvalue weighted by Gasteiger charge is -2.35. The van der Waals surface area contributed by atoms with Crippen molar-refractivity contribution in [3.05, 3.63) is 28.2 Å². The molecule has 94 valence electrons. The number of phenolic OH excluding ortho intramolecular Hbond substituents is 1. The third kappa shape index (κ3) is 3.21. The Kier molecular flexibility index (Phi) is 4.42. The molecule has 0 aromatic heterocycles. The summed E-state index contributed by atoms with van der Waals surface area (Å²) in [7, 11) is 0. The van der Waals surface area contributed by atoms with Crippen LogP contribution in [-0.2, 0) is 6.54 Å². The lowest BCUT2D eigenvalue weighted by molar-refractivity contribution is 0.143. The van der Waals surface area contributed by atoms with Gasteiger partial charge in [-0.2, -0.15) is 0 Å². The molecule has 3 N–H and O–H groups in total. The van der Waals surface area contributed by atoms with E-state index in [1.165, 1.54) is 19.3 Å². The molecule has 1 atom stereocenters. The largest absolute Gasteiger partial charge is 0.508 e. The summed E-state index contributed by atoms with van der Waals surface area (Å²) in [4.78, 5) is 2.38. The molecule has 0 aliphatic carbocycles. The van der Waals surface area contributed by atoms with Crippen LogP contribution in [0, 0.1) is 0 Å². The Hall–Kier alpha value is -0.580. The predicted octanol–water partition coefficient (Wildman–Crippen LogP) is 2.47. The summed E-state index contributed by atoms with van der Waals surface area (Å²) in [6, 6.07) is 6.04. The zero-order chi connectivity index (χ0) is 12.3. The van der Waals surface area contributed by atoms with Gasteiger partial charge < -0.3 is 10.8 Å². The molecular weight excluding hydrogens is 280 g/mol. The Bertz CT molecular complexity index is 384. The average molecular weight is 299 g/mol. The number of likely N-dealkylation sites (tertiary alicyclic amines) is 1. The van der Waals surface area contributed by atoms with Gasteiger partial charge >= 0.3 is 0 Å². The van der Waals surface area contributed by atoms with E-state index >= 15 is 0 Å². The minimum Gasteiger partial charge on any atom is -0.508 e. The highest BCUT2D eigenvalue weighted by Crippen LogP contribution is 2.26.